The third kappa shape index (κ3) is 3.74. The van der Waals surface area contributed by atoms with Crippen LogP contribution in [-0.4, -0.2) is 5.91 Å². The Labute approximate surface area is 123 Å². The highest BCUT2D eigenvalue weighted by molar-refractivity contribution is 7.10. The van der Waals surface area contributed by atoms with Gasteiger partial charge >= 0.3 is 0 Å². The molecule has 0 saturated carbocycles. The molecule has 0 fully saturated rings. The predicted octanol–water partition coefficient (Wildman–Crippen LogP) is 3.54. The van der Waals surface area contributed by atoms with Crippen LogP contribution in [0.15, 0.2) is 35.7 Å². The number of carbonyl (C=O) groups excluding carboxylic acids is 1. The number of hydrogen-bond acceptors (Lipinski definition) is 4. The first-order valence-corrected chi connectivity index (χ1v) is 7.41. The van der Waals surface area contributed by atoms with Crippen molar-refractivity contribution in [1.29, 1.82) is 0 Å². The molecule has 106 valence electrons. The second-order valence-corrected chi connectivity index (χ2v) is 5.87. The van der Waals surface area contributed by atoms with Crippen molar-refractivity contribution in [2.24, 2.45) is 5.92 Å². The van der Waals surface area contributed by atoms with Crippen LogP contribution in [0, 0.1) is 5.92 Å². The molecule has 0 bridgehead atoms. The van der Waals surface area contributed by atoms with E-state index in [0.717, 1.165) is 21.9 Å². The molecule has 4 N–H and O–H groups in total. The van der Waals surface area contributed by atoms with Crippen molar-refractivity contribution in [1.82, 2.24) is 0 Å². The fourth-order valence-corrected chi connectivity index (χ4v) is 2.37. The Hall–Kier alpha value is -2.01. The number of rotatable bonds is 5. The van der Waals surface area contributed by atoms with E-state index in [4.69, 9.17) is 5.73 Å². The Bertz CT molecular complexity index is 575. The normalized spacial score (nSPS) is 10.6. The Balaban J connectivity index is 1.91. The molecule has 0 unspecified atom stereocenters. The Morgan fingerprint density at radius 3 is 2.40 bits per heavy atom. The molecule has 0 aliphatic carbocycles. The van der Waals surface area contributed by atoms with Gasteiger partial charge in [-0.25, -0.2) is 0 Å². The summed E-state index contributed by atoms with van der Waals surface area (Å²) in [5.74, 6) is 0.00618. The standard InChI is InChI=1S/C15H19N3OS/c1-10(2)15(19)18-12-5-3-11(4-6-12)17-9-14-13(16)7-8-20-14/h3-8,10,17H,9,16H2,1-2H3,(H,18,19). The lowest BCUT2D eigenvalue weighted by atomic mass is 10.2. The largest absolute Gasteiger partial charge is 0.398 e. The minimum absolute atomic E-state index is 0.0189. The van der Waals surface area contributed by atoms with Gasteiger partial charge in [0.2, 0.25) is 5.91 Å². The van der Waals surface area contributed by atoms with Gasteiger partial charge in [0.05, 0.1) is 6.54 Å². The summed E-state index contributed by atoms with van der Waals surface area (Å²) in [6.45, 7) is 4.45. The zero-order valence-electron chi connectivity index (χ0n) is 11.6. The highest BCUT2D eigenvalue weighted by atomic mass is 32.1. The van der Waals surface area contributed by atoms with E-state index in [-0.39, 0.29) is 11.8 Å². The second-order valence-electron chi connectivity index (χ2n) is 4.87. The summed E-state index contributed by atoms with van der Waals surface area (Å²) in [6, 6.07) is 9.58. The lowest BCUT2D eigenvalue weighted by molar-refractivity contribution is -0.118. The molecule has 1 aromatic carbocycles. The van der Waals surface area contributed by atoms with Gasteiger partial charge in [0.15, 0.2) is 0 Å². The molecule has 0 spiro atoms. The van der Waals surface area contributed by atoms with Gasteiger partial charge in [0.25, 0.3) is 0 Å². The Morgan fingerprint density at radius 2 is 1.85 bits per heavy atom. The smallest absolute Gasteiger partial charge is 0.226 e. The maximum atomic E-state index is 11.6. The minimum atomic E-state index is -0.0189. The molecule has 20 heavy (non-hydrogen) atoms. The molecule has 5 heteroatoms. The van der Waals surface area contributed by atoms with E-state index in [1.807, 2.05) is 49.6 Å². The summed E-state index contributed by atoms with van der Waals surface area (Å²) in [5.41, 5.74) is 8.47. The number of nitrogens with one attached hydrogen (secondary N) is 2. The van der Waals surface area contributed by atoms with Gasteiger partial charge in [-0.1, -0.05) is 13.8 Å². The Morgan fingerprint density at radius 1 is 1.20 bits per heavy atom. The molecule has 1 heterocycles. The van der Waals surface area contributed by atoms with E-state index in [1.54, 1.807) is 11.3 Å². The number of anilines is 3. The van der Waals surface area contributed by atoms with Crippen LogP contribution in [0.4, 0.5) is 17.1 Å². The first-order valence-electron chi connectivity index (χ1n) is 6.53. The van der Waals surface area contributed by atoms with E-state index in [1.165, 1.54) is 0 Å². The summed E-state index contributed by atoms with van der Waals surface area (Å²) >= 11 is 1.64. The van der Waals surface area contributed by atoms with Crippen molar-refractivity contribution in [2.75, 3.05) is 16.4 Å². The number of amides is 1. The summed E-state index contributed by atoms with van der Waals surface area (Å²) in [5, 5.41) is 8.15. The van der Waals surface area contributed by atoms with Crippen molar-refractivity contribution < 1.29 is 4.79 Å². The molecule has 0 atom stereocenters. The third-order valence-electron chi connectivity index (χ3n) is 2.91. The van der Waals surface area contributed by atoms with Crippen LogP contribution in [0.3, 0.4) is 0 Å². The third-order valence-corrected chi connectivity index (χ3v) is 3.85. The maximum Gasteiger partial charge on any atom is 0.226 e. The zero-order valence-corrected chi connectivity index (χ0v) is 12.5. The number of hydrogen-bond donors (Lipinski definition) is 3. The lowest BCUT2D eigenvalue weighted by Gasteiger charge is -2.09. The second kappa shape index (κ2) is 6.43. The van der Waals surface area contributed by atoms with Crippen LogP contribution in [-0.2, 0) is 11.3 Å². The van der Waals surface area contributed by atoms with Crippen LogP contribution in [0.2, 0.25) is 0 Å². The highest BCUT2D eigenvalue weighted by Gasteiger charge is 2.06. The van der Waals surface area contributed by atoms with Crippen molar-refractivity contribution in [3.05, 3.63) is 40.6 Å². The van der Waals surface area contributed by atoms with Crippen molar-refractivity contribution in [3.8, 4) is 0 Å². The zero-order chi connectivity index (χ0) is 14.5. The van der Waals surface area contributed by atoms with E-state index in [2.05, 4.69) is 10.6 Å². The molecule has 1 aromatic heterocycles. The molecule has 0 radical (unpaired) electrons. The molecule has 2 rings (SSSR count). The van der Waals surface area contributed by atoms with Crippen LogP contribution >= 0.6 is 11.3 Å². The van der Waals surface area contributed by atoms with Gasteiger partial charge in [0, 0.05) is 27.9 Å². The average molecular weight is 289 g/mol. The summed E-state index contributed by atoms with van der Waals surface area (Å²) < 4.78 is 0. The fraction of sp³-hybridized carbons (Fsp3) is 0.267. The molecule has 4 nitrogen and oxygen atoms in total. The molecular formula is C15H19N3OS. The van der Waals surface area contributed by atoms with E-state index in [9.17, 15) is 4.79 Å². The average Bonchev–Trinajstić information content (AvgIpc) is 2.83. The fourth-order valence-electron chi connectivity index (χ4n) is 1.63. The van der Waals surface area contributed by atoms with Crippen LogP contribution < -0.4 is 16.4 Å². The number of thiophene rings is 1. The van der Waals surface area contributed by atoms with Gasteiger partial charge in [-0.05, 0) is 35.7 Å². The minimum Gasteiger partial charge on any atom is -0.398 e. The number of nitrogens with two attached hydrogens (primary N) is 1. The van der Waals surface area contributed by atoms with Gasteiger partial charge in [-0.2, -0.15) is 0 Å². The SMILES string of the molecule is CC(C)C(=O)Nc1ccc(NCc2sccc2N)cc1. The molecule has 1 amide bonds. The monoisotopic (exact) mass is 289 g/mol. The molecule has 0 aliphatic heterocycles. The lowest BCUT2D eigenvalue weighted by Crippen LogP contribution is -2.17. The maximum absolute atomic E-state index is 11.6. The molecular weight excluding hydrogens is 270 g/mol. The number of carbonyl (C=O) groups is 1. The van der Waals surface area contributed by atoms with Crippen molar-refractivity contribution in [3.63, 3.8) is 0 Å². The summed E-state index contributed by atoms with van der Waals surface area (Å²) in [6.07, 6.45) is 0. The van der Waals surface area contributed by atoms with Crippen LogP contribution in [0.1, 0.15) is 18.7 Å². The van der Waals surface area contributed by atoms with Crippen LogP contribution in [0.5, 0.6) is 0 Å². The molecule has 0 aliphatic rings. The first kappa shape index (κ1) is 14.4. The van der Waals surface area contributed by atoms with Crippen molar-refractivity contribution in [2.45, 2.75) is 20.4 Å². The first-order chi connectivity index (χ1) is 9.56. The number of benzene rings is 1. The van der Waals surface area contributed by atoms with Gasteiger partial charge in [-0.3, -0.25) is 4.79 Å². The van der Waals surface area contributed by atoms with E-state index < -0.39 is 0 Å². The van der Waals surface area contributed by atoms with Gasteiger partial charge in [0.1, 0.15) is 0 Å². The van der Waals surface area contributed by atoms with Crippen molar-refractivity contribution >= 4 is 34.3 Å². The highest BCUT2D eigenvalue weighted by Crippen LogP contribution is 2.21. The van der Waals surface area contributed by atoms with Gasteiger partial charge < -0.3 is 16.4 Å². The van der Waals surface area contributed by atoms with Gasteiger partial charge in [-0.15, -0.1) is 11.3 Å². The summed E-state index contributed by atoms with van der Waals surface area (Å²) in [7, 11) is 0. The predicted molar refractivity (Wildman–Crippen MR) is 86.0 cm³/mol. The number of nitrogen functional groups attached to an aromatic ring is 1. The van der Waals surface area contributed by atoms with Crippen LogP contribution in [0.25, 0.3) is 0 Å². The summed E-state index contributed by atoms with van der Waals surface area (Å²) in [4.78, 5) is 12.7. The van der Waals surface area contributed by atoms with E-state index >= 15 is 0 Å². The molecule has 2 aromatic rings. The van der Waals surface area contributed by atoms with E-state index in [0.29, 0.717) is 6.54 Å². The molecule has 0 saturated heterocycles. The quantitative estimate of drug-likeness (QED) is 0.788. The Kier molecular flexibility index (Phi) is 4.63. The topological polar surface area (TPSA) is 67.2 Å².